The second kappa shape index (κ2) is 8.74. The van der Waals surface area contributed by atoms with Gasteiger partial charge in [-0.3, -0.25) is 0 Å². The minimum Gasteiger partial charge on any atom is -0.314 e. The number of unbranched alkanes of at least 4 members (excludes halogenated alkanes) is 1. The molecule has 0 heterocycles. The van der Waals surface area contributed by atoms with E-state index in [4.69, 9.17) is 0 Å². The molecule has 17 heavy (non-hydrogen) atoms. The zero-order valence-electron chi connectivity index (χ0n) is 11.9. The Kier molecular flexibility index (Phi) is 7.59. The molecule has 1 heteroatoms. The fourth-order valence-corrected chi connectivity index (χ4v) is 3.00. The normalized spacial score (nSPS) is 26.7. The third-order valence-corrected chi connectivity index (χ3v) is 4.21. The summed E-state index contributed by atoms with van der Waals surface area (Å²) in [6.45, 7) is 9.67. The lowest BCUT2D eigenvalue weighted by molar-refractivity contribution is 0.220. The van der Waals surface area contributed by atoms with Gasteiger partial charge in [0.1, 0.15) is 0 Å². The molecule has 1 saturated carbocycles. The third kappa shape index (κ3) is 5.72. The maximum Gasteiger partial charge on any atom is 0.00954 e. The second-order valence-electron chi connectivity index (χ2n) is 5.80. The van der Waals surface area contributed by atoms with Gasteiger partial charge >= 0.3 is 0 Å². The lowest BCUT2D eigenvalue weighted by Crippen LogP contribution is -2.38. The first kappa shape index (κ1) is 14.8. The Balaban J connectivity index is 2.34. The summed E-state index contributed by atoms with van der Waals surface area (Å²) in [4.78, 5) is 0. The number of allylic oxidation sites excluding steroid dienone is 1. The van der Waals surface area contributed by atoms with Crippen LogP contribution in [0.3, 0.4) is 0 Å². The molecular formula is C16H31N. The van der Waals surface area contributed by atoms with Crippen molar-refractivity contribution in [1.82, 2.24) is 5.32 Å². The Bertz CT molecular complexity index is 192. The molecule has 1 aliphatic carbocycles. The molecule has 1 fully saturated rings. The second-order valence-corrected chi connectivity index (χ2v) is 5.80. The summed E-state index contributed by atoms with van der Waals surface area (Å²) in [5.41, 5.74) is 0. The molecule has 100 valence electrons. The Hall–Kier alpha value is -0.300. The molecule has 0 bridgehead atoms. The van der Waals surface area contributed by atoms with E-state index >= 15 is 0 Å². The highest BCUT2D eigenvalue weighted by molar-refractivity contribution is 4.82. The van der Waals surface area contributed by atoms with Gasteiger partial charge in [0.05, 0.1) is 0 Å². The maximum atomic E-state index is 3.82. The fourth-order valence-electron chi connectivity index (χ4n) is 3.00. The van der Waals surface area contributed by atoms with E-state index in [9.17, 15) is 0 Å². The van der Waals surface area contributed by atoms with E-state index in [-0.39, 0.29) is 0 Å². The van der Waals surface area contributed by atoms with Gasteiger partial charge in [-0.1, -0.05) is 32.8 Å². The summed E-state index contributed by atoms with van der Waals surface area (Å²) in [6, 6.07) is 0.766. The number of nitrogens with one attached hydrogen (secondary N) is 1. The predicted molar refractivity (Wildman–Crippen MR) is 77.3 cm³/mol. The van der Waals surface area contributed by atoms with Gasteiger partial charge in [-0.15, -0.1) is 6.58 Å². The van der Waals surface area contributed by atoms with E-state index < -0.39 is 0 Å². The van der Waals surface area contributed by atoms with Crippen molar-refractivity contribution in [3.63, 3.8) is 0 Å². The van der Waals surface area contributed by atoms with Crippen molar-refractivity contribution in [2.75, 3.05) is 6.54 Å². The van der Waals surface area contributed by atoms with Crippen LogP contribution in [0.4, 0.5) is 0 Å². The first-order valence-electron chi connectivity index (χ1n) is 7.62. The van der Waals surface area contributed by atoms with Gasteiger partial charge in [-0.05, 0) is 56.9 Å². The van der Waals surface area contributed by atoms with Crippen molar-refractivity contribution in [2.24, 2.45) is 11.8 Å². The third-order valence-electron chi connectivity index (χ3n) is 4.21. The van der Waals surface area contributed by atoms with Crippen LogP contribution in [0.2, 0.25) is 0 Å². The van der Waals surface area contributed by atoms with Crippen molar-refractivity contribution in [2.45, 2.75) is 71.3 Å². The average Bonchev–Trinajstić information content (AvgIpc) is 2.35. The molecule has 0 radical (unpaired) electrons. The van der Waals surface area contributed by atoms with Gasteiger partial charge in [-0.2, -0.15) is 0 Å². The SMILES string of the molecule is C=CCCCC(NCCC)C1CCC(C)CC1. The molecule has 1 unspecified atom stereocenters. The summed E-state index contributed by atoms with van der Waals surface area (Å²) < 4.78 is 0. The van der Waals surface area contributed by atoms with E-state index in [1.165, 1.54) is 57.9 Å². The van der Waals surface area contributed by atoms with E-state index in [1.54, 1.807) is 0 Å². The molecule has 0 spiro atoms. The molecule has 0 amide bonds. The minimum absolute atomic E-state index is 0.766. The summed E-state index contributed by atoms with van der Waals surface area (Å²) >= 11 is 0. The number of hydrogen-bond acceptors (Lipinski definition) is 1. The molecule has 1 aliphatic rings. The summed E-state index contributed by atoms with van der Waals surface area (Å²) in [5.74, 6) is 1.90. The Morgan fingerprint density at radius 2 is 2.00 bits per heavy atom. The highest BCUT2D eigenvalue weighted by Gasteiger charge is 2.25. The molecule has 1 N–H and O–H groups in total. The van der Waals surface area contributed by atoms with Gasteiger partial charge in [0.15, 0.2) is 0 Å². The molecule has 1 nitrogen and oxygen atoms in total. The molecule has 0 aromatic rings. The van der Waals surface area contributed by atoms with E-state index in [0.717, 1.165) is 17.9 Å². The smallest absolute Gasteiger partial charge is 0.00954 e. The van der Waals surface area contributed by atoms with Gasteiger partial charge < -0.3 is 5.32 Å². The maximum absolute atomic E-state index is 3.82. The highest BCUT2D eigenvalue weighted by Crippen LogP contribution is 2.31. The van der Waals surface area contributed by atoms with Crippen LogP contribution < -0.4 is 5.32 Å². The Morgan fingerprint density at radius 1 is 1.29 bits per heavy atom. The van der Waals surface area contributed by atoms with Crippen LogP contribution in [0.5, 0.6) is 0 Å². The van der Waals surface area contributed by atoms with Crippen LogP contribution in [0.1, 0.15) is 65.2 Å². The van der Waals surface area contributed by atoms with Crippen LogP contribution in [0, 0.1) is 11.8 Å². The lowest BCUT2D eigenvalue weighted by Gasteiger charge is -2.33. The summed E-state index contributed by atoms with van der Waals surface area (Å²) in [6.07, 6.45) is 12.9. The average molecular weight is 237 g/mol. The quantitative estimate of drug-likeness (QED) is 0.483. The molecule has 0 saturated heterocycles. The molecule has 0 aromatic carbocycles. The standard InChI is InChI=1S/C16H31N/c1-4-6-7-8-16(17-13-5-2)15-11-9-14(3)10-12-15/h4,14-17H,1,5-13H2,2-3H3. The summed E-state index contributed by atoms with van der Waals surface area (Å²) in [5, 5.41) is 3.78. The molecule has 1 rings (SSSR count). The van der Waals surface area contributed by atoms with Gasteiger partial charge in [0, 0.05) is 6.04 Å². The summed E-state index contributed by atoms with van der Waals surface area (Å²) in [7, 11) is 0. The van der Waals surface area contributed by atoms with Gasteiger partial charge in [-0.25, -0.2) is 0 Å². The largest absolute Gasteiger partial charge is 0.314 e. The van der Waals surface area contributed by atoms with Crippen LogP contribution in [0.25, 0.3) is 0 Å². The van der Waals surface area contributed by atoms with E-state index in [0.29, 0.717) is 0 Å². The first-order valence-corrected chi connectivity index (χ1v) is 7.62. The Labute approximate surface area is 108 Å². The van der Waals surface area contributed by atoms with Crippen LogP contribution in [0.15, 0.2) is 12.7 Å². The number of hydrogen-bond donors (Lipinski definition) is 1. The van der Waals surface area contributed by atoms with Crippen molar-refractivity contribution >= 4 is 0 Å². The highest BCUT2D eigenvalue weighted by atomic mass is 14.9. The predicted octanol–water partition coefficient (Wildman–Crippen LogP) is 4.54. The van der Waals surface area contributed by atoms with Gasteiger partial charge in [0.2, 0.25) is 0 Å². The van der Waals surface area contributed by atoms with Crippen molar-refractivity contribution in [3.05, 3.63) is 12.7 Å². The molecule has 0 aromatic heterocycles. The first-order chi connectivity index (χ1) is 8.27. The zero-order valence-corrected chi connectivity index (χ0v) is 11.9. The Morgan fingerprint density at radius 3 is 2.59 bits per heavy atom. The minimum atomic E-state index is 0.766. The van der Waals surface area contributed by atoms with Crippen LogP contribution >= 0.6 is 0 Å². The van der Waals surface area contributed by atoms with E-state index in [1.807, 2.05) is 0 Å². The van der Waals surface area contributed by atoms with Crippen LogP contribution in [-0.4, -0.2) is 12.6 Å². The molecule has 1 atom stereocenters. The topological polar surface area (TPSA) is 12.0 Å². The molecular weight excluding hydrogens is 206 g/mol. The molecule has 0 aliphatic heterocycles. The van der Waals surface area contributed by atoms with Crippen molar-refractivity contribution in [3.8, 4) is 0 Å². The fraction of sp³-hybridized carbons (Fsp3) is 0.875. The number of rotatable bonds is 8. The van der Waals surface area contributed by atoms with Crippen LogP contribution in [-0.2, 0) is 0 Å². The van der Waals surface area contributed by atoms with Crippen molar-refractivity contribution in [1.29, 1.82) is 0 Å². The lowest BCUT2D eigenvalue weighted by atomic mass is 9.78. The monoisotopic (exact) mass is 237 g/mol. The van der Waals surface area contributed by atoms with E-state index in [2.05, 4.69) is 31.8 Å². The van der Waals surface area contributed by atoms with Gasteiger partial charge in [0.25, 0.3) is 0 Å². The van der Waals surface area contributed by atoms with Crippen molar-refractivity contribution < 1.29 is 0 Å². The zero-order chi connectivity index (χ0) is 12.5.